The molecule has 8 heteroatoms. The average Bonchev–Trinajstić information content (AvgIpc) is 2.59. The van der Waals surface area contributed by atoms with Crippen LogP contribution in [0.15, 0.2) is 36.5 Å². The molecule has 0 spiro atoms. The second-order valence-electron chi connectivity index (χ2n) is 5.79. The number of benzene rings is 1. The van der Waals surface area contributed by atoms with Crippen molar-refractivity contribution >= 4 is 34.8 Å². The van der Waals surface area contributed by atoms with Gasteiger partial charge in [0.2, 0.25) is 11.8 Å². The summed E-state index contributed by atoms with van der Waals surface area (Å²) in [4.78, 5) is 16.4. The largest absolute Gasteiger partial charge is 0.438 e. The van der Waals surface area contributed by atoms with Crippen LogP contribution in [0.5, 0.6) is 11.6 Å². The van der Waals surface area contributed by atoms with Gasteiger partial charge in [0.1, 0.15) is 16.3 Å². The van der Waals surface area contributed by atoms with Gasteiger partial charge in [-0.1, -0.05) is 23.2 Å². The summed E-state index contributed by atoms with van der Waals surface area (Å²) in [6.45, 7) is 0.983. The van der Waals surface area contributed by atoms with Crippen LogP contribution < -0.4 is 15.8 Å². The maximum atomic E-state index is 12.4. The monoisotopic (exact) mass is 381 g/mol. The number of aromatic nitrogens is 1. The molecule has 1 aliphatic rings. The Morgan fingerprint density at radius 2 is 1.92 bits per heavy atom. The molecule has 25 heavy (non-hydrogen) atoms. The Bertz CT molecular complexity index is 762. The lowest BCUT2D eigenvalue weighted by Crippen LogP contribution is -2.54. The van der Waals surface area contributed by atoms with Crippen LogP contribution in [-0.4, -0.2) is 29.6 Å². The van der Waals surface area contributed by atoms with Crippen molar-refractivity contribution in [3.63, 3.8) is 0 Å². The molecule has 0 bridgehead atoms. The molecule has 132 valence electrons. The highest BCUT2D eigenvalue weighted by Crippen LogP contribution is 2.29. The molecule has 1 amide bonds. The van der Waals surface area contributed by atoms with Crippen molar-refractivity contribution in [1.29, 1.82) is 0 Å². The fourth-order valence-electron chi connectivity index (χ4n) is 2.41. The number of anilines is 1. The molecule has 0 radical (unpaired) electrons. The highest BCUT2D eigenvalue weighted by molar-refractivity contribution is 6.35. The van der Waals surface area contributed by atoms with Gasteiger partial charge in [-0.25, -0.2) is 4.98 Å². The lowest BCUT2D eigenvalue weighted by atomic mass is 9.90. The van der Waals surface area contributed by atoms with Crippen molar-refractivity contribution in [1.82, 2.24) is 4.98 Å². The number of carbonyl (C=O) groups is 1. The van der Waals surface area contributed by atoms with Crippen LogP contribution in [0.25, 0.3) is 0 Å². The fraction of sp³-hybridized carbons (Fsp3) is 0.294. The summed E-state index contributed by atoms with van der Waals surface area (Å²) in [6, 6.07) is 8.40. The van der Waals surface area contributed by atoms with E-state index in [2.05, 4.69) is 10.3 Å². The van der Waals surface area contributed by atoms with E-state index in [0.717, 1.165) is 0 Å². The SMILES string of the molecule is NC1(C(=O)Nc2ccc(Oc3ncc(Cl)cc3Cl)cc2)CCOCC1. The van der Waals surface area contributed by atoms with Crippen LogP contribution in [0.1, 0.15) is 12.8 Å². The van der Waals surface area contributed by atoms with E-state index in [1.807, 2.05) is 0 Å². The van der Waals surface area contributed by atoms with Crippen LogP contribution >= 0.6 is 23.2 Å². The van der Waals surface area contributed by atoms with E-state index < -0.39 is 5.54 Å². The molecule has 0 aliphatic carbocycles. The first-order valence-corrected chi connectivity index (χ1v) is 8.49. The van der Waals surface area contributed by atoms with Crippen LogP contribution in [0.2, 0.25) is 10.0 Å². The number of nitrogens with one attached hydrogen (secondary N) is 1. The Morgan fingerprint density at radius 1 is 1.24 bits per heavy atom. The first-order chi connectivity index (χ1) is 12.0. The zero-order valence-corrected chi connectivity index (χ0v) is 14.8. The summed E-state index contributed by atoms with van der Waals surface area (Å²) in [5, 5.41) is 3.57. The van der Waals surface area contributed by atoms with Crippen molar-refractivity contribution in [3.8, 4) is 11.6 Å². The van der Waals surface area contributed by atoms with Crippen LogP contribution in [0, 0.1) is 0 Å². The van der Waals surface area contributed by atoms with Crippen LogP contribution in [0.3, 0.4) is 0 Å². The Balaban J connectivity index is 1.65. The van der Waals surface area contributed by atoms with Crippen molar-refractivity contribution in [2.24, 2.45) is 5.73 Å². The molecule has 2 heterocycles. The lowest BCUT2D eigenvalue weighted by molar-refractivity contribution is -0.124. The van der Waals surface area contributed by atoms with Crippen LogP contribution in [0.4, 0.5) is 5.69 Å². The van der Waals surface area contributed by atoms with Crippen molar-refractivity contribution < 1.29 is 14.3 Å². The molecular formula is C17H17Cl2N3O3. The summed E-state index contributed by atoms with van der Waals surface area (Å²) >= 11 is 11.8. The zero-order chi connectivity index (χ0) is 17.9. The van der Waals surface area contributed by atoms with Gasteiger partial charge >= 0.3 is 0 Å². The van der Waals surface area contributed by atoms with E-state index in [1.165, 1.54) is 6.20 Å². The smallest absolute Gasteiger partial charge is 0.244 e. The Labute approximate surface area is 155 Å². The van der Waals surface area contributed by atoms with Gasteiger partial charge in [-0.2, -0.15) is 0 Å². The molecule has 1 aromatic heterocycles. The van der Waals surface area contributed by atoms with E-state index in [-0.39, 0.29) is 11.8 Å². The maximum absolute atomic E-state index is 12.4. The summed E-state index contributed by atoms with van der Waals surface area (Å²) in [7, 11) is 0. The zero-order valence-electron chi connectivity index (χ0n) is 13.3. The molecule has 1 saturated heterocycles. The number of nitrogens with two attached hydrogens (primary N) is 1. The number of carbonyl (C=O) groups excluding carboxylic acids is 1. The first-order valence-electron chi connectivity index (χ1n) is 7.73. The molecule has 0 atom stereocenters. The number of halogens is 2. The molecule has 3 rings (SSSR count). The van der Waals surface area contributed by atoms with E-state index in [0.29, 0.717) is 47.5 Å². The molecule has 1 aliphatic heterocycles. The van der Waals surface area contributed by atoms with E-state index in [4.69, 9.17) is 38.4 Å². The number of pyridine rings is 1. The van der Waals surface area contributed by atoms with Gasteiger partial charge in [-0.05, 0) is 43.2 Å². The van der Waals surface area contributed by atoms with Gasteiger partial charge in [-0.3, -0.25) is 4.79 Å². The van der Waals surface area contributed by atoms with Gasteiger partial charge in [0.25, 0.3) is 0 Å². The second-order valence-corrected chi connectivity index (χ2v) is 6.63. The highest BCUT2D eigenvalue weighted by Gasteiger charge is 2.35. The number of hydrogen-bond donors (Lipinski definition) is 2. The third-order valence-corrected chi connectivity index (χ3v) is 4.42. The van der Waals surface area contributed by atoms with Gasteiger partial charge in [-0.15, -0.1) is 0 Å². The minimum atomic E-state index is -0.895. The average molecular weight is 382 g/mol. The first kappa shape index (κ1) is 17.9. The summed E-state index contributed by atoms with van der Waals surface area (Å²) in [5.41, 5.74) is 5.89. The number of amides is 1. The predicted octanol–water partition coefficient (Wildman–Crippen LogP) is 3.63. The third kappa shape index (κ3) is 4.41. The van der Waals surface area contributed by atoms with E-state index in [9.17, 15) is 4.79 Å². The standard InChI is InChI=1S/C17H17Cl2N3O3/c18-11-9-14(19)15(21-10-11)25-13-3-1-12(2-4-13)22-16(23)17(20)5-7-24-8-6-17/h1-4,9-10H,5-8,20H2,(H,22,23). The molecular weight excluding hydrogens is 365 g/mol. The number of hydrogen-bond acceptors (Lipinski definition) is 5. The molecule has 3 N–H and O–H groups in total. The topological polar surface area (TPSA) is 86.5 Å². The Hall–Kier alpha value is -1.86. The molecule has 0 saturated carbocycles. The summed E-state index contributed by atoms with van der Waals surface area (Å²) in [5.74, 6) is 0.570. The maximum Gasteiger partial charge on any atom is 0.244 e. The van der Waals surface area contributed by atoms with Gasteiger partial charge in [0.15, 0.2) is 0 Å². The lowest BCUT2D eigenvalue weighted by Gasteiger charge is -2.31. The van der Waals surface area contributed by atoms with Crippen LogP contribution in [-0.2, 0) is 9.53 Å². The third-order valence-electron chi connectivity index (χ3n) is 3.94. The normalized spacial score (nSPS) is 16.3. The van der Waals surface area contributed by atoms with E-state index in [1.54, 1.807) is 30.3 Å². The van der Waals surface area contributed by atoms with Crippen molar-refractivity contribution in [2.75, 3.05) is 18.5 Å². The number of rotatable bonds is 4. The molecule has 0 unspecified atom stereocenters. The Kier molecular flexibility index (Phi) is 5.44. The number of ether oxygens (including phenoxy) is 2. The molecule has 1 fully saturated rings. The summed E-state index contributed by atoms with van der Waals surface area (Å²) in [6.07, 6.45) is 2.45. The van der Waals surface area contributed by atoms with Gasteiger partial charge < -0.3 is 20.5 Å². The minimum absolute atomic E-state index is 0.216. The van der Waals surface area contributed by atoms with Gasteiger partial charge in [0.05, 0.1) is 5.02 Å². The van der Waals surface area contributed by atoms with Gasteiger partial charge in [0, 0.05) is 25.1 Å². The highest BCUT2D eigenvalue weighted by atomic mass is 35.5. The van der Waals surface area contributed by atoms with Crippen molar-refractivity contribution in [3.05, 3.63) is 46.6 Å². The molecule has 1 aromatic carbocycles. The van der Waals surface area contributed by atoms with E-state index >= 15 is 0 Å². The Morgan fingerprint density at radius 3 is 2.56 bits per heavy atom. The summed E-state index contributed by atoms with van der Waals surface area (Å²) < 4.78 is 10.9. The predicted molar refractivity (Wildman–Crippen MR) is 96.4 cm³/mol. The van der Waals surface area contributed by atoms with Crippen molar-refractivity contribution in [2.45, 2.75) is 18.4 Å². The molecule has 2 aromatic rings. The quantitative estimate of drug-likeness (QED) is 0.844. The fourth-order valence-corrected chi connectivity index (χ4v) is 2.83. The molecule has 6 nitrogen and oxygen atoms in total. The minimum Gasteiger partial charge on any atom is -0.438 e. The number of nitrogens with zero attached hydrogens (tertiary/aromatic N) is 1. The second kappa shape index (κ2) is 7.58.